The summed E-state index contributed by atoms with van der Waals surface area (Å²) in [4.78, 5) is 3.97. The molecule has 0 saturated heterocycles. The minimum atomic E-state index is 0.691. The predicted molar refractivity (Wildman–Crippen MR) is 67.3 cm³/mol. The molecular formula is C13H15N3. The van der Waals surface area contributed by atoms with E-state index in [0.29, 0.717) is 5.69 Å². The van der Waals surface area contributed by atoms with Gasteiger partial charge >= 0.3 is 0 Å². The topological polar surface area (TPSA) is 64.9 Å². The van der Waals surface area contributed by atoms with Crippen molar-refractivity contribution in [3.63, 3.8) is 0 Å². The van der Waals surface area contributed by atoms with Crippen LogP contribution in [0.2, 0.25) is 0 Å². The molecule has 0 amide bonds. The smallest absolute Gasteiger partial charge is 0.0574 e. The van der Waals surface area contributed by atoms with Gasteiger partial charge in [0.05, 0.1) is 11.9 Å². The van der Waals surface area contributed by atoms with E-state index in [1.54, 1.807) is 12.4 Å². The first-order chi connectivity index (χ1) is 7.66. The second-order valence-corrected chi connectivity index (χ2v) is 3.94. The zero-order valence-corrected chi connectivity index (χ0v) is 9.27. The van der Waals surface area contributed by atoms with Crippen LogP contribution in [-0.4, -0.2) is 4.98 Å². The zero-order chi connectivity index (χ0) is 11.5. The summed E-state index contributed by atoms with van der Waals surface area (Å²) in [7, 11) is 0. The van der Waals surface area contributed by atoms with Gasteiger partial charge in [0.1, 0.15) is 0 Å². The third-order valence-corrected chi connectivity index (χ3v) is 2.67. The van der Waals surface area contributed by atoms with E-state index >= 15 is 0 Å². The van der Waals surface area contributed by atoms with Crippen molar-refractivity contribution in [3.8, 4) is 0 Å². The Morgan fingerprint density at radius 3 is 2.88 bits per heavy atom. The first-order valence-corrected chi connectivity index (χ1v) is 5.20. The molecule has 0 saturated carbocycles. The molecule has 0 radical (unpaired) electrons. The maximum atomic E-state index is 5.85. The molecule has 1 heterocycles. The number of nitrogens with two attached hydrogens (primary N) is 2. The van der Waals surface area contributed by atoms with E-state index in [9.17, 15) is 0 Å². The molecule has 0 fully saturated rings. The average molecular weight is 213 g/mol. The number of hydrogen-bond donors (Lipinski definition) is 2. The quantitative estimate of drug-likeness (QED) is 0.752. The summed E-state index contributed by atoms with van der Waals surface area (Å²) in [6, 6.07) is 1.91. The maximum Gasteiger partial charge on any atom is 0.0574 e. The fourth-order valence-corrected chi connectivity index (χ4v) is 1.66. The Morgan fingerprint density at radius 2 is 2.12 bits per heavy atom. The second-order valence-electron chi connectivity index (χ2n) is 3.94. The molecule has 0 aromatic carbocycles. The highest BCUT2D eigenvalue weighted by Crippen LogP contribution is 2.25. The van der Waals surface area contributed by atoms with Gasteiger partial charge < -0.3 is 11.5 Å². The third kappa shape index (κ3) is 2.14. The van der Waals surface area contributed by atoms with Crippen LogP contribution in [0.3, 0.4) is 0 Å². The summed E-state index contributed by atoms with van der Waals surface area (Å²) >= 11 is 0. The van der Waals surface area contributed by atoms with Gasteiger partial charge in [-0.3, -0.25) is 4.98 Å². The lowest BCUT2D eigenvalue weighted by Gasteiger charge is -2.13. The van der Waals surface area contributed by atoms with E-state index in [1.165, 1.54) is 11.1 Å². The molecule has 16 heavy (non-hydrogen) atoms. The largest absolute Gasteiger partial charge is 0.402 e. The van der Waals surface area contributed by atoms with Crippen LogP contribution in [0.1, 0.15) is 18.9 Å². The monoisotopic (exact) mass is 213 g/mol. The second kappa shape index (κ2) is 4.23. The van der Waals surface area contributed by atoms with Crippen molar-refractivity contribution in [3.05, 3.63) is 53.0 Å². The molecule has 3 nitrogen and oxygen atoms in total. The molecular weight excluding hydrogens is 198 g/mol. The van der Waals surface area contributed by atoms with Crippen molar-refractivity contribution in [1.82, 2.24) is 4.98 Å². The molecule has 1 aliphatic carbocycles. The van der Waals surface area contributed by atoms with Gasteiger partial charge in [-0.1, -0.05) is 6.08 Å². The number of rotatable bonds is 1. The Bertz CT molecular complexity index is 496. The van der Waals surface area contributed by atoms with Crippen LogP contribution in [0.15, 0.2) is 47.5 Å². The minimum absolute atomic E-state index is 0.691. The van der Waals surface area contributed by atoms with Gasteiger partial charge in [0.25, 0.3) is 0 Å². The minimum Gasteiger partial charge on any atom is -0.402 e. The Hall–Kier alpha value is -2.03. The third-order valence-electron chi connectivity index (χ3n) is 2.67. The summed E-state index contributed by atoms with van der Waals surface area (Å²) < 4.78 is 0. The molecule has 2 rings (SSSR count). The summed E-state index contributed by atoms with van der Waals surface area (Å²) in [5.74, 6) is 0. The van der Waals surface area contributed by atoms with Gasteiger partial charge in [-0.05, 0) is 36.3 Å². The molecule has 1 aromatic heterocycles. The number of anilines is 1. The van der Waals surface area contributed by atoms with Crippen molar-refractivity contribution in [1.29, 1.82) is 0 Å². The lowest BCUT2D eigenvalue weighted by molar-refractivity contribution is 1.07. The summed E-state index contributed by atoms with van der Waals surface area (Å²) in [5, 5.41) is 0. The predicted octanol–water partition coefficient (Wildman–Crippen LogP) is 2.24. The summed E-state index contributed by atoms with van der Waals surface area (Å²) in [5.41, 5.74) is 16.7. The van der Waals surface area contributed by atoms with Gasteiger partial charge in [-0.25, -0.2) is 0 Å². The van der Waals surface area contributed by atoms with Crippen molar-refractivity contribution >= 4 is 11.8 Å². The Labute approximate surface area is 95.2 Å². The number of allylic oxidation sites excluding steroid dienone is 4. The van der Waals surface area contributed by atoms with E-state index in [4.69, 9.17) is 11.5 Å². The summed E-state index contributed by atoms with van der Waals surface area (Å²) in [6.45, 7) is 2.08. The van der Waals surface area contributed by atoms with Crippen molar-refractivity contribution in [2.45, 2.75) is 13.3 Å². The summed E-state index contributed by atoms with van der Waals surface area (Å²) in [6.07, 6.45) is 10.2. The Balaban J connectivity index is 2.36. The highest BCUT2D eigenvalue weighted by atomic mass is 14.7. The first kappa shape index (κ1) is 10.5. The van der Waals surface area contributed by atoms with E-state index in [0.717, 1.165) is 17.7 Å². The molecule has 1 aromatic rings. The molecule has 0 aliphatic heterocycles. The first-order valence-electron chi connectivity index (χ1n) is 5.20. The highest BCUT2D eigenvalue weighted by Gasteiger charge is 2.07. The van der Waals surface area contributed by atoms with Crippen LogP contribution in [-0.2, 0) is 0 Å². The standard InChI is InChI=1S/C13H15N3/c1-9-2-3-12(14)7-11(9)6-10-4-5-16-8-13(10)15/h2-6,8H,7,14-15H2,1H3. The molecule has 3 heteroatoms. The number of pyridine rings is 1. The van der Waals surface area contributed by atoms with Gasteiger partial charge in [0.2, 0.25) is 0 Å². The van der Waals surface area contributed by atoms with Crippen LogP contribution < -0.4 is 11.5 Å². The fourth-order valence-electron chi connectivity index (χ4n) is 1.66. The van der Waals surface area contributed by atoms with E-state index in [2.05, 4.69) is 18.0 Å². The Kier molecular flexibility index (Phi) is 2.77. The number of nitrogen functional groups attached to an aromatic ring is 1. The molecule has 0 spiro atoms. The van der Waals surface area contributed by atoms with E-state index in [1.807, 2.05) is 18.2 Å². The lowest BCUT2D eigenvalue weighted by Crippen LogP contribution is -2.03. The van der Waals surface area contributed by atoms with Crippen LogP contribution in [0, 0.1) is 0 Å². The average Bonchev–Trinajstić information content (AvgIpc) is 2.27. The Morgan fingerprint density at radius 1 is 1.31 bits per heavy atom. The lowest BCUT2D eigenvalue weighted by atomic mass is 9.95. The molecule has 4 N–H and O–H groups in total. The van der Waals surface area contributed by atoms with Crippen molar-refractivity contribution in [2.75, 3.05) is 5.73 Å². The van der Waals surface area contributed by atoms with Crippen LogP contribution in [0.25, 0.3) is 6.08 Å². The van der Waals surface area contributed by atoms with Gasteiger partial charge in [-0.2, -0.15) is 0 Å². The van der Waals surface area contributed by atoms with Crippen LogP contribution in [0.4, 0.5) is 5.69 Å². The van der Waals surface area contributed by atoms with Crippen LogP contribution in [0.5, 0.6) is 0 Å². The van der Waals surface area contributed by atoms with Crippen LogP contribution >= 0.6 is 0 Å². The normalized spacial score (nSPS) is 18.2. The fraction of sp³-hybridized carbons (Fsp3) is 0.154. The van der Waals surface area contributed by atoms with Crippen molar-refractivity contribution < 1.29 is 0 Å². The highest BCUT2D eigenvalue weighted by molar-refractivity contribution is 5.68. The van der Waals surface area contributed by atoms with Gasteiger partial charge in [-0.15, -0.1) is 0 Å². The van der Waals surface area contributed by atoms with E-state index in [-0.39, 0.29) is 0 Å². The van der Waals surface area contributed by atoms with E-state index < -0.39 is 0 Å². The number of hydrogen-bond acceptors (Lipinski definition) is 3. The number of aromatic nitrogens is 1. The number of nitrogens with zero attached hydrogens (tertiary/aromatic N) is 1. The maximum absolute atomic E-state index is 5.85. The van der Waals surface area contributed by atoms with Gasteiger partial charge in [0.15, 0.2) is 0 Å². The zero-order valence-electron chi connectivity index (χ0n) is 9.27. The molecule has 1 aliphatic rings. The molecule has 0 bridgehead atoms. The molecule has 0 unspecified atom stereocenters. The SMILES string of the molecule is CC1=CC=C(N)CC1=Cc1ccncc1N. The molecule has 0 atom stereocenters. The molecule has 82 valence electrons. The van der Waals surface area contributed by atoms with Crippen molar-refractivity contribution in [2.24, 2.45) is 5.73 Å². The van der Waals surface area contributed by atoms with Gasteiger partial charge in [0, 0.05) is 23.9 Å².